The van der Waals surface area contributed by atoms with Crippen molar-refractivity contribution in [2.45, 2.75) is 19.9 Å². The molecule has 0 spiro atoms. The quantitative estimate of drug-likeness (QED) is 0.507. The maximum absolute atomic E-state index is 11.7. The van der Waals surface area contributed by atoms with Crippen LogP contribution in [0.1, 0.15) is 13.8 Å². The maximum atomic E-state index is 11.7. The van der Waals surface area contributed by atoms with Crippen LogP contribution in [0, 0.1) is 11.3 Å². The van der Waals surface area contributed by atoms with Crippen LogP contribution >= 0.6 is 11.8 Å². The van der Waals surface area contributed by atoms with Gasteiger partial charge >= 0.3 is 5.97 Å². The summed E-state index contributed by atoms with van der Waals surface area (Å²) in [5.41, 5.74) is 0. The van der Waals surface area contributed by atoms with Gasteiger partial charge in [-0.1, -0.05) is 0 Å². The SMILES string of the molecule is COC(=O)CN(C(=O)CSCC#N)C(C)C. The van der Waals surface area contributed by atoms with Gasteiger partial charge in [-0.05, 0) is 13.8 Å². The fraction of sp³-hybridized carbons (Fsp3) is 0.700. The summed E-state index contributed by atoms with van der Waals surface area (Å²) in [5.74, 6) is -0.105. The molecule has 0 radical (unpaired) electrons. The summed E-state index contributed by atoms with van der Waals surface area (Å²) in [6, 6.07) is 1.88. The molecule has 0 unspecified atom stereocenters. The molecule has 16 heavy (non-hydrogen) atoms. The summed E-state index contributed by atoms with van der Waals surface area (Å²) in [7, 11) is 1.29. The first kappa shape index (κ1) is 14.8. The van der Waals surface area contributed by atoms with Gasteiger partial charge in [0, 0.05) is 6.04 Å². The van der Waals surface area contributed by atoms with Crippen LogP contribution in [0.2, 0.25) is 0 Å². The van der Waals surface area contributed by atoms with Gasteiger partial charge in [0.15, 0.2) is 0 Å². The van der Waals surface area contributed by atoms with E-state index in [1.54, 1.807) is 0 Å². The number of ether oxygens (including phenoxy) is 1. The maximum Gasteiger partial charge on any atom is 0.325 e. The first-order valence-corrected chi connectivity index (χ1v) is 5.99. The molecule has 0 saturated carbocycles. The van der Waals surface area contributed by atoms with Gasteiger partial charge in [0.25, 0.3) is 0 Å². The van der Waals surface area contributed by atoms with Gasteiger partial charge in [0.05, 0.1) is 24.7 Å². The van der Waals surface area contributed by atoms with E-state index in [1.165, 1.54) is 23.8 Å². The topological polar surface area (TPSA) is 70.4 Å². The normalized spacial score (nSPS) is 9.69. The molecule has 0 bridgehead atoms. The lowest BCUT2D eigenvalue weighted by Crippen LogP contribution is -2.42. The zero-order chi connectivity index (χ0) is 12.6. The largest absolute Gasteiger partial charge is 0.468 e. The number of carbonyl (C=O) groups is 2. The van der Waals surface area contributed by atoms with E-state index in [-0.39, 0.29) is 30.0 Å². The summed E-state index contributed by atoms with van der Waals surface area (Å²) < 4.78 is 4.51. The minimum atomic E-state index is -0.438. The van der Waals surface area contributed by atoms with Crippen LogP contribution in [0.3, 0.4) is 0 Å². The average molecular weight is 244 g/mol. The molecule has 90 valence electrons. The highest BCUT2D eigenvalue weighted by molar-refractivity contribution is 8.00. The van der Waals surface area contributed by atoms with Crippen LogP contribution < -0.4 is 0 Å². The molecule has 0 aliphatic rings. The molecular weight excluding hydrogens is 228 g/mol. The lowest BCUT2D eigenvalue weighted by atomic mass is 10.3. The Labute approximate surface area is 99.7 Å². The van der Waals surface area contributed by atoms with Crippen molar-refractivity contribution in [1.29, 1.82) is 5.26 Å². The number of esters is 1. The molecule has 0 aromatic heterocycles. The number of rotatable bonds is 6. The molecule has 0 aromatic rings. The van der Waals surface area contributed by atoms with Crippen LogP contribution in [0.4, 0.5) is 0 Å². The molecule has 0 aromatic carbocycles. The van der Waals surface area contributed by atoms with Crippen LogP contribution in [0.5, 0.6) is 0 Å². The minimum absolute atomic E-state index is 0.0416. The second-order valence-electron chi connectivity index (χ2n) is 3.34. The van der Waals surface area contributed by atoms with Crippen LogP contribution in [0.15, 0.2) is 0 Å². The smallest absolute Gasteiger partial charge is 0.325 e. The molecular formula is C10H16N2O3S. The van der Waals surface area contributed by atoms with Gasteiger partial charge in [-0.25, -0.2) is 0 Å². The van der Waals surface area contributed by atoms with E-state index in [0.717, 1.165) is 0 Å². The van der Waals surface area contributed by atoms with Gasteiger partial charge in [-0.2, -0.15) is 5.26 Å². The summed E-state index contributed by atoms with van der Waals surface area (Å²) in [4.78, 5) is 24.2. The zero-order valence-corrected chi connectivity index (χ0v) is 10.5. The number of amides is 1. The van der Waals surface area contributed by atoms with Gasteiger partial charge in [0.1, 0.15) is 6.54 Å². The molecule has 0 N–H and O–H groups in total. The number of hydrogen-bond acceptors (Lipinski definition) is 5. The zero-order valence-electron chi connectivity index (χ0n) is 9.73. The Kier molecular flexibility index (Phi) is 7.38. The van der Waals surface area contributed by atoms with Gasteiger partial charge < -0.3 is 9.64 Å². The molecule has 5 nitrogen and oxygen atoms in total. The number of methoxy groups -OCH3 is 1. The Morgan fingerprint density at radius 3 is 2.56 bits per heavy atom. The van der Waals surface area contributed by atoms with Gasteiger partial charge in [-0.3, -0.25) is 9.59 Å². The minimum Gasteiger partial charge on any atom is -0.468 e. The third-order valence-corrected chi connectivity index (χ3v) is 2.65. The summed E-state index contributed by atoms with van der Waals surface area (Å²) in [5, 5.41) is 8.34. The highest BCUT2D eigenvalue weighted by atomic mass is 32.2. The van der Waals surface area contributed by atoms with Gasteiger partial charge in [-0.15, -0.1) is 11.8 Å². The first-order valence-electron chi connectivity index (χ1n) is 4.83. The van der Waals surface area contributed by atoms with E-state index in [2.05, 4.69) is 4.74 Å². The number of nitrogens with zero attached hydrogens (tertiary/aromatic N) is 2. The predicted octanol–water partition coefficient (Wildman–Crippen LogP) is 0.653. The monoisotopic (exact) mass is 244 g/mol. The molecule has 0 aliphatic carbocycles. The van der Waals surface area contributed by atoms with E-state index in [1.807, 2.05) is 19.9 Å². The summed E-state index contributed by atoms with van der Waals surface area (Å²) in [6.07, 6.45) is 0. The fourth-order valence-electron chi connectivity index (χ4n) is 1.03. The van der Waals surface area contributed by atoms with Gasteiger partial charge in [0.2, 0.25) is 5.91 Å². The highest BCUT2D eigenvalue weighted by Gasteiger charge is 2.19. The second kappa shape index (κ2) is 7.99. The molecule has 6 heteroatoms. The van der Waals surface area contributed by atoms with E-state index in [9.17, 15) is 9.59 Å². The Balaban J connectivity index is 4.25. The Morgan fingerprint density at radius 2 is 2.12 bits per heavy atom. The number of thioether (sulfide) groups is 1. The number of nitriles is 1. The lowest BCUT2D eigenvalue weighted by molar-refractivity contribution is -0.147. The molecule has 0 fully saturated rings. The van der Waals surface area contributed by atoms with E-state index in [4.69, 9.17) is 5.26 Å². The van der Waals surface area contributed by atoms with E-state index >= 15 is 0 Å². The van der Waals surface area contributed by atoms with Crippen LogP contribution in [0.25, 0.3) is 0 Å². The predicted molar refractivity (Wildman–Crippen MR) is 61.8 cm³/mol. The average Bonchev–Trinajstić information content (AvgIpc) is 2.25. The first-order chi connectivity index (χ1) is 7.52. The Bertz CT molecular complexity index is 286. The summed E-state index contributed by atoms with van der Waals surface area (Å²) in [6.45, 7) is 3.62. The van der Waals surface area contributed by atoms with E-state index in [0.29, 0.717) is 0 Å². The van der Waals surface area contributed by atoms with Crippen molar-refractivity contribution in [2.75, 3.05) is 25.2 Å². The molecule has 0 heterocycles. The summed E-state index contributed by atoms with van der Waals surface area (Å²) >= 11 is 1.24. The number of carbonyl (C=O) groups excluding carboxylic acids is 2. The van der Waals surface area contributed by atoms with Crippen LogP contribution in [-0.2, 0) is 14.3 Å². The molecule has 0 atom stereocenters. The van der Waals surface area contributed by atoms with Crippen molar-refractivity contribution in [1.82, 2.24) is 4.90 Å². The van der Waals surface area contributed by atoms with Crippen molar-refractivity contribution < 1.29 is 14.3 Å². The van der Waals surface area contributed by atoms with Crippen molar-refractivity contribution in [2.24, 2.45) is 0 Å². The standard InChI is InChI=1S/C10H16N2O3S/c1-8(2)12(6-10(14)15-3)9(13)7-16-5-4-11/h8H,5-7H2,1-3H3. The third kappa shape index (κ3) is 5.61. The Hall–Kier alpha value is -1.22. The fourth-order valence-corrected chi connectivity index (χ4v) is 1.56. The molecule has 1 amide bonds. The Morgan fingerprint density at radius 1 is 1.50 bits per heavy atom. The second-order valence-corrected chi connectivity index (χ2v) is 4.33. The molecule has 0 aliphatic heterocycles. The molecule has 0 rings (SSSR count). The number of hydrogen-bond donors (Lipinski definition) is 0. The highest BCUT2D eigenvalue weighted by Crippen LogP contribution is 2.05. The van der Waals surface area contributed by atoms with E-state index < -0.39 is 5.97 Å². The van der Waals surface area contributed by atoms with Crippen molar-refractivity contribution >= 4 is 23.6 Å². The van der Waals surface area contributed by atoms with Crippen molar-refractivity contribution in [3.05, 3.63) is 0 Å². The lowest BCUT2D eigenvalue weighted by Gasteiger charge is -2.25. The van der Waals surface area contributed by atoms with Crippen molar-refractivity contribution in [3.8, 4) is 6.07 Å². The van der Waals surface area contributed by atoms with Crippen LogP contribution in [-0.4, -0.2) is 48.0 Å². The van der Waals surface area contributed by atoms with Crippen molar-refractivity contribution in [3.63, 3.8) is 0 Å². The molecule has 0 saturated heterocycles. The third-order valence-electron chi connectivity index (χ3n) is 1.86.